The number of benzene rings is 2. The Kier molecular flexibility index (Phi) is 6.05. The van der Waals surface area contributed by atoms with Crippen molar-refractivity contribution in [3.8, 4) is 28.8 Å². The minimum atomic E-state index is -0.512. The quantitative estimate of drug-likeness (QED) is 0.366. The molecule has 0 saturated carbocycles. The number of para-hydroxylation sites is 1. The number of anilines is 1. The van der Waals surface area contributed by atoms with Gasteiger partial charge in [-0.2, -0.15) is 10.4 Å². The molecule has 0 saturated heterocycles. The molecule has 0 aliphatic carbocycles. The zero-order chi connectivity index (χ0) is 22.3. The van der Waals surface area contributed by atoms with E-state index in [1.807, 2.05) is 48.5 Å². The van der Waals surface area contributed by atoms with Crippen molar-refractivity contribution in [2.45, 2.75) is 0 Å². The summed E-state index contributed by atoms with van der Waals surface area (Å²) in [6.07, 6.45) is 6.69. The van der Waals surface area contributed by atoms with Crippen LogP contribution in [0, 0.1) is 11.3 Å². The third-order valence-electron chi connectivity index (χ3n) is 4.71. The van der Waals surface area contributed by atoms with E-state index < -0.39 is 5.91 Å². The van der Waals surface area contributed by atoms with Gasteiger partial charge in [-0.3, -0.25) is 9.78 Å². The number of hydrogen-bond acceptors (Lipinski definition) is 5. The highest BCUT2D eigenvalue weighted by molar-refractivity contribution is 6.10. The van der Waals surface area contributed by atoms with Crippen molar-refractivity contribution in [1.82, 2.24) is 14.8 Å². The lowest BCUT2D eigenvalue weighted by molar-refractivity contribution is -0.112. The fraction of sp³-hybridized carbons (Fsp3) is 0.0400. The summed E-state index contributed by atoms with van der Waals surface area (Å²) in [6, 6.07) is 22.2. The molecular weight excluding hydrogens is 402 g/mol. The van der Waals surface area contributed by atoms with Crippen molar-refractivity contribution >= 4 is 17.7 Å². The molecule has 1 N–H and O–H groups in total. The number of ether oxygens (including phenoxy) is 1. The summed E-state index contributed by atoms with van der Waals surface area (Å²) in [7, 11) is 1.57. The van der Waals surface area contributed by atoms with Crippen LogP contribution in [-0.4, -0.2) is 27.8 Å². The molecule has 0 radical (unpaired) electrons. The molecule has 0 fully saturated rings. The zero-order valence-electron chi connectivity index (χ0n) is 17.3. The third kappa shape index (κ3) is 4.55. The monoisotopic (exact) mass is 421 g/mol. The van der Waals surface area contributed by atoms with E-state index in [1.165, 1.54) is 6.08 Å². The van der Waals surface area contributed by atoms with E-state index in [4.69, 9.17) is 4.74 Å². The van der Waals surface area contributed by atoms with Gasteiger partial charge in [0.1, 0.15) is 23.1 Å². The van der Waals surface area contributed by atoms with Crippen LogP contribution in [0.2, 0.25) is 0 Å². The van der Waals surface area contributed by atoms with Gasteiger partial charge in [0.05, 0.1) is 12.8 Å². The van der Waals surface area contributed by atoms with Gasteiger partial charge in [-0.1, -0.05) is 18.2 Å². The van der Waals surface area contributed by atoms with E-state index >= 15 is 0 Å². The molecular formula is C25H19N5O2. The lowest BCUT2D eigenvalue weighted by Gasteiger charge is -2.05. The number of nitrogens with one attached hydrogen (secondary N) is 1. The normalized spacial score (nSPS) is 10.9. The number of aromatic nitrogens is 3. The van der Waals surface area contributed by atoms with Crippen LogP contribution in [0.3, 0.4) is 0 Å². The molecule has 0 unspecified atom stereocenters. The van der Waals surface area contributed by atoms with Gasteiger partial charge in [0.25, 0.3) is 5.91 Å². The molecule has 4 rings (SSSR count). The molecule has 2 aromatic carbocycles. The van der Waals surface area contributed by atoms with Crippen LogP contribution in [0.4, 0.5) is 5.69 Å². The summed E-state index contributed by atoms with van der Waals surface area (Å²) in [5.41, 5.74) is 3.40. The minimum absolute atomic E-state index is 0.0430. The number of hydrogen-bond donors (Lipinski definition) is 1. The fourth-order valence-electron chi connectivity index (χ4n) is 3.11. The number of carbonyl (C=O) groups excluding carboxylic acids is 1. The molecule has 0 aliphatic heterocycles. The number of nitrogens with zero attached hydrogens (tertiary/aromatic N) is 4. The average Bonchev–Trinajstić information content (AvgIpc) is 3.28. The van der Waals surface area contributed by atoms with E-state index in [0.29, 0.717) is 22.7 Å². The maximum atomic E-state index is 12.8. The lowest BCUT2D eigenvalue weighted by atomic mass is 10.1. The van der Waals surface area contributed by atoms with Crippen LogP contribution in [-0.2, 0) is 4.79 Å². The summed E-state index contributed by atoms with van der Waals surface area (Å²) in [4.78, 5) is 16.9. The first-order valence-corrected chi connectivity index (χ1v) is 9.80. The van der Waals surface area contributed by atoms with Crippen LogP contribution in [0.25, 0.3) is 23.0 Å². The van der Waals surface area contributed by atoms with Crippen LogP contribution < -0.4 is 10.1 Å². The number of methoxy groups -OCH3 is 1. The molecule has 1 amide bonds. The predicted molar refractivity (Wildman–Crippen MR) is 122 cm³/mol. The lowest BCUT2D eigenvalue weighted by Crippen LogP contribution is -2.13. The summed E-state index contributed by atoms with van der Waals surface area (Å²) in [6.45, 7) is 0. The highest BCUT2D eigenvalue weighted by Crippen LogP contribution is 2.25. The summed E-state index contributed by atoms with van der Waals surface area (Å²) in [5.74, 6) is 0.163. The number of carbonyl (C=O) groups is 1. The second kappa shape index (κ2) is 9.41. The Morgan fingerprint density at radius 2 is 1.88 bits per heavy atom. The Morgan fingerprint density at radius 1 is 1.09 bits per heavy atom. The highest BCUT2D eigenvalue weighted by Gasteiger charge is 2.15. The van der Waals surface area contributed by atoms with Gasteiger partial charge in [0.2, 0.25) is 0 Å². The van der Waals surface area contributed by atoms with Crippen LogP contribution in [0.1, 0.15) is 5.56 Å². The molecule has 156 valence electrons. The minimum Gasteiger partial charge on any atom is -0.497 e. The first kappa shape index (κ1) is 20.6. The highest BCUT2D eigenvalue weighted by atomic mass is 16.5. The van der Waals surface area contributed by atoms with Crippen molar-refractivity contribution in [2.24, 2.45) is 0 Å². The third-order valence-corrected chi connectivity index (χ3v) is 4.71. The number of pyridine rings is 1. The second-order valence-corrected chi connectivity index (χ2v) is 6.81. The van der Waals surface area contributed by atoms with Gasteiger partial charge in [-0.15, -0.1) is 0 Å². The summed E-state index contributed by atoms with van der Waals surface area (Å²) in [5, 5.41) is 17.1. The van der Waals surface area contributed by atoms with Gasteiger partial charge in [-0.05, 0) is 54.6 Å². The molecule has 7 nitrogen and oxygen atoms in total. The standard InChI is InChI=1S/C25H19N5O2/c1-32-23-11-9-21(10-12-23)28-25(31)19(15-26)14-20-17-30(22-7-3-2-4-8-22)29-24(20)18-6-5-13-27-16-18/h2-14,16-17H,1H3,(H,28,31). The summed E-state index contributed by atoms with van der Waals surface area (Å²) < 4.78 is 6.84. The Labute approximate surface area is 185 Å². The molecule has 0 atom stereocenters. The molecule has 7 heteroatoms. The van der Waals surface area contributed by atoms with Crippen molar-refractivity contribution < 1.29 is 9.53 Å². The van der Waals surface area contributed by atoms with Gasteiger partial charge in [0.15, 0.2) is 0 Å². The number of nitriles is 1. The first-order valence-electron chi connectivity index (χ1n) is 9.80. The molecule has 2 heterocycles. The zero-order valence-corrected chi connectivity index (χ0v) is 17.3. The van der Waals surface area contributed by atoms with Crippen molar-refractivity contribution in [3.63, 3.8) is 0 Å². The van der Waals surface area contributed by atoms with Gasteiger partial charge >= 0.3 is 0 Å². The number of amides is 1. The van der Waals surface area contributed by atoms with Crippen LogP contribution in [0.15, 0.2) is 90.9 Å². The van der Waals surface area contributed by atoms with Crippen LogP contribution in [0.5, 0.6) is 5.75 Å². The number of rotatable bonds is 6. The Morgan fingerprint density at radius 3 is 2.53 bits per heavy atom. The molecule has 0 bridgehead atoms. The predicted octanol–water partition coefficient (Wildman–Crippen LogP) is 4.49. The topological polar surface area (TPSA) is 92.8 Å². The molecule has 32 heavy (non-hydrogen) atoms. The summed E-state index contributed by atoms with van der Waals surface area (Å²) >= 11 is 0. The van der Waals surface area contributed by atoms with Crippen molar-refractivity contribution in [1.29, 1.82) is 5.26 Å². The molecule has 0 spiro atoms. The SMILES string of the molecule is COc1ccc(NC(=O)C(C#N)=Cc2cn(-c3ccccc3)nc2-c2cccnc2)cc1. The van der Waals surface area contributed by atoms with Crippen LogP contribution >= 0.6 is 0 Å². The average molecular weight is 421 g/mol. The second-order valence-electron chi connectivity index (χ2n) is 6.81. The van der Waals surface area contributed by atoms with Gasteiger partial charge in [0, 0.05) is 35.4 Å². The first-order chi connectivity index (χ1) is 15.7. The smallest absolute Gasteiger partial charge is 0.266 e. The van der Waals surface area contributed by atoms with E-state index in [0.717, 1.165) is 11.3 Å². The Bertz CT molecular complexity index is 1290. The fourth-order valence-corrected chi connectivity index (χ4v) is 3.11. The van der Waals surface area contributed by atoms with E-state index in [-0.39, 0.29) is 5.57 Å². The molecule has 4 aromatic rings. The largest absolute Gasteiger partial charge is 0.497 e. The molecule has 2 aromatic heterocycles. The van der Waals surface area contributed by atoms with Crippen molar-refractivity contribution in [2.75, 3.05) is 12.4 Å². The van der Waals surface area contributed by atoms with Gasteiger partial charge in [-0.25, -0.2) is 4.68 Å². The maximum absolute atomic E-state index is 12.8. The van der Waals surface area contributed by atoms with E-state index in [9.17, 15) is 10.1 Å². The van der Waals surface area contributed by atoms with Crippen molar-refractivity contribution in [3.05, 3.63) is 96.5 Å². The molecule has 0 aliphatic rings. The van der Waals surface area contributed by atoms with E-state index in [2.05, 4.69) is 15.4 Å². The maximum Gasteiger partial charge on any atom is 0.266 e. The van der Waals surface area contributed by atoms with Gasteiger partial charge < -0.3 is 10.1 Å². The van der Waals surface area contributed by atoms with E-state index in [1.54, 1.807) is 54.6 Å². The Balaban J connectivity index is 1.70. The Hall–Kier alpha value is -4.70.